The Hall–Kier alpha value is -3.24. The minimum atomic E-state index is -0.456. The van der Waals surface area contributed by atoms with Gasteiger partial charge in [0.05, 0.1) is 13.4 Å². The number of hydrazone groups is 1. The Morgan fingerprint density at radius 2 is 1.73 bits per heavy atom. The van der Waals surface area contributed by atoms with Crippen molar-refractivity contribution in [3.8, 4) is 29.5 Å². The van der Waals surface area contributed by atoms with Crippen molar-refractivity contribution in [1.82, 2.24) is 9.99 Å². The highest BCUT2D eigenvalue weighted by Crippen LogP contribution is 2.28. The molecule has 0 unspecified atom stereocenters. The van der Waals surface area contributed by atoms with E-state index in [1.165, 1.54) is 11.4 Å². The average Bonchev–Trinajstić information content (AvgIpc) is 3.49. The Balaban J connectivity index is 1.31. The van der Waals surface area contributed by atoms with Gasteiger partial charge in [0.25, 0.3) is 0 Å². The van der Waals surface area contributed by atoms with Crippen LogP contribution in [-0.4, -0.2) is 23.3 Å². The van der Waals surface area contributed by atoms with Crippen molar-refractivity contribution in [3.05, 3.63) is 96.3 Å². The van der Waals surface area contributed by atoms with E-state index in [0.717, 1.165) is 24.1 Å². The molecule has 0 saturated heterocycles. The van der Waals surface area contributed by atoms with E-state index < -0.39 is 5.91 Å². The number of hydrogen-bond acceptors (Lipinski definition) is 5. The number of terminal acetylenes is 1. The van der Waals surface area contributed by atoms with Crippen molar-refractivity contribution in [2.75, 3.05) is 6.61 Å². The normalized spacial score (nSPS) is 10.9. The molecule has 2 heterocycles. The molecule has 0 aliphatic rings. The van der Waals surface area contributed by atoms with Crippen LogP contribution in [0.3, 0.4) is 0 Å². The van der Waals surface area contributed by atoms with Crippen LogP contribution >= 0.6 is 45.2 Å². The summed E-state index contributed by atoms with van der Waals surface area (Å²) in [4.78, 5) is 12.4. The number of nitrogens with one attached hydrogen (secondary N) is 1. The smallest absolute Gasteiger partial charge is 0.307 e. The van der Waals surface area contributed by atoms with Crippen LogP contribution in [0.5, 0.6) is 11.5 Å². The third kappa shape index (κ3) is 6.75. The molecule has 0 aliphatic carbocycles. The molecule has 188 valence electrons. The molecule has 0 saturated carbocycles. The predicted octanol–water partition coefficient (Wildman–Crippen LogP) is 6.25. The maximum Gasteiger partial charge on any atom is 0.307 e. The maximum atomic E-state index is 12.4. The predicted molar refractivity (Wildman–Crippen MR) is 160 cm³/mol. The standard InChI is InChI=1S/C28H23I2N3O4/c1-4-13-35-27-24(29)14-20(15-25(27)30)16-31-32-28(34)26-12-11-23(37-26)17-36-22-9-7-21(8-10-22)33-18(2)5-6-19(33)3/h1,5-12,14-16H,13,17H2,2-3H3,(H,32,34)/b31-16+. The first-order valence-electron chi connectivity index (χ1n) is 11.2. The Bertz CT molecular complexity index is 1440. The highest BCUT2D eigenvalue weighted by molar-refractivity contribution is 14.1. The van der Waals surface area contributed by atoms with Crippen LogP contribution in [-0.2, 0) is 6.61 Å². The summed E-state index contributed by atoms with van der Waals surface area (Å²) in [5.74, 6) is 4.11. The number of carbonyl (C=O) groups excluding carboxylic acids is 1. The summed E-state index contributed by atoms with van der Waals surface area (Å²) < 4.78 is 21.0. The fourth-order valence-electron chi connectivity index (χ4n) is 3.63. The molecule has 0 aliphatic heterocycles. The summed E-state index contributed by atoms with van der Waals surface area (Å²) in [6, 6.07) is 19.1. The van der Waals surface area contributed by atoms with Gasteiger partial charge in [-0.2, -0.15) is 5.10 Å². The van der Waals surface area contributed by atoms with E-state index in [0.29, 0.717) is 11.5 Å². The molecule has 0 atom stereocenters. The third-order valence-corrected chi connectivity index (χ3v) is 6.94. The van der Waals surface area contributed by atoms with Gasteiger partial charge in [0, 0.05) is 17.1 Å². The van der Waals surface area contributed by atoms with Crippen LogP contribution in [0.4, 0.5) is 0 Å². The number of amides is 1. The Morgan fingerprint density at radius 3 is 2.38 bits per heavy atom. The number of benzene rings is 2. The lowest BCUT2D eigenvalue weighted by Crippen LogP contribution is -2.16. The molecule has 2 aromatic heterocycles. The van der Waals surface area contributed by atoms with Crippen molar-refractivity contribution in [2.24, 2.45) is 5.10 Å². The molecular weight excluding hydrogens is 696 g/mol. The number of aromatic nitrogens is 1. The second kappa shape index (κ2) is 12.3. The molecule has 1 amide bonds. The molecule has 9 heteroatoms. The van der Waals surface area contributed by atoms with Gasteiger partial charge in [0.15, 0.2) is 5.76 Å². The topological polar surface area (TPSA) is 78.0 Å². The molecule has 7 nitrogen and oxygen atoms in total. The second-order valence-corrected chi connectivity index (χ2v) is 10.3. The molecule has 0 bridgehead atoms. The van der Waals surface area contributed by atoms with Crippen molar-refractivity contribution in [2.45, 2.75) is 20.5 Å². The summed E-state index contributed by atoms with van der Waals surface area (Å²) in [5.41, 5.74) is 6.71. The van der Waals surface area contributed by atoms with E-state index in [1.807, 2.05) is 36.4 Å². The lowest BCUT2D eigenvalue weighted by Gasteiger charge is -2.10. The van der Waals surface area contributed by atoms with E-state index in [-0.39, 0.29) is 19.0 Å². The molecule has 0 fully saturated rings. The van der Waals surface area contributed by atoms with Gasteiger partial charge in [-0.15, -0.1) is 6.42 Å². The summed E-state index contributed by atoms with van der Waals surface area (Å²) in [6.07, 6.45) is 6.82. The number of halogens is 2. The molecule has 1 N–H and O–H groups in total. The Labute approximate surface area is 242 Å². The van der Waals surface area contributed by atoms with Crippen LogP contribution in [0.1, 0.15) is 33.3 Å². The SMILES string of the molecule is C#CCOc1c(I)cc(/C=N/NC(=O)c2ccc(COc3ccc(-n4c(C)ccc4C)cc3)o2)cc1I. The zero-order chi connectivity index (χ0) is 26.4. The van der Waals surface area contributed by atoms with Crippen molar-refractivity contribution < 1.29 is 18.7 Å². The number of nitrogens with zero attached hydrogens (tertiary/aromatic N) is 2. The van der Waals surface area contributed by atoms with E-state index in [9.17, 15) is 4.79 Å². The first kappa shape index (κ1) is 26.8. The summed E-state index contributed by atoms with van der Waals surface area (Å²) in [5, 5.41) is 4.04. The number of furan rings is 1. The molecular formula is C28H23I2N3O4. The van der Waals surface area contributed by atoms with Gasteiger partial charge < -0.3 is 18.5 Å². The maximum absolute atomic E-state index is 12.4. The van der Waals surface area contributed by atoms with Crippen molar-refractivity contribution in [1.29, 1.82) is 0 Å². The molecule has 4 rings (SSSR count). The minimum absolute atomic E-state index is 0.145. The van der Waals surface area contributed by atoms with E-state index in [2.05, 4.69) is 92.2 Å². The van der Waals surface area contributed by atoms with Crippen LogP contribution in [0.25, 0.3) is 5.69 Å². The van der Waals surface area contributed by atoms with E-state index >= 15 is 0 Å². The molecule has 37 heavy (non-hydrogen) atoms. The van der Waals surface area contributed by atoms with Crippen LogP contribution in [0, 0.1) is 33.3 Å². The van der Waals surface area contributed by atoms with Gasteiger partial charge in [0.1, 0.15) is 30.5 Å². The molecule has 2 aromatic carbocycles. The largest absolute Gasteiger partial charge is 0.486 e. The van der Waals surface area contributed by atoms with Gasteiger partial charge in [-0.1, -0.05) is 5.92 Å². The number of carbonyl (C=O) groups is 1. The van der Waals surface area contributed by atoms with Gasteiger partial charge >= 0.3 is 5.91 Å². The number of aryl methyl sites for hydroxylation is 2. The van der Waals surface area contributed by atoms with Crippen molar-refractivity contribution >= 4 is 57.3 Å². The molecule has 0 radical (unpaired) electrons. The summed E-state index contributed by atoms with van der Waals surface area (Å²) >= 11 is 4.34. The average molecular weight is 719 g/mol. The zero-order valence-corrected chi connectivity index (χ0v) is 24.4. The Morgan fingerprint density at radius 1 is 1.05 bits per heavy atom. The first-order chi connectivity index (χ1) is 17.9. The van der Waals surface area contributed by atoms with E-state index in [1.54, 1.807) is 18.3 Å². The monoisotopic (exact) mass is 719 g/mol. The van der Waals surface area contributed by atoms with Gasteiger partial charge in [-0.25, -0.2) is 5.43 Å². The minimum Gasteiger partial charge on any atom is -0.486 e. The lowest BCUT2D eigenvalue weighted by molar-refractivity contribution is 0.0923. The van der Waals surface area contributed by atoms with Crippen molar-refractivity contribution in [3.63, 3.8) is 0 Å². The van der Waals surface area contributed by atoms with Gasteiger partial charge in [-0.3, -0.25) is 4.79 Å². The van der Waals surface area contributed by atoms with Gasteiger partial charge in [0.2, 0.25) is 0 Å². The first-order valence-corrected chi connectivity index (χ1v) is 13.4. The zero-order valence-electron chi connectivity index (χ0n) is 20.1. The number of rotatable bonds is 9. The quantitative estimate of drug-likeness (QED) is 0.0961. The Kier molecular flexibility index (Phi) is 8.94. The van der Waals surface area contributed by atoms with Crippen LogP contribution in [0.15, 0.2) is 70.2 Å². The fourth-order valence-corrected chi connectivity index (χ4v) is 5.75. The lowest BCUT2D eigenvalue weighted by atomic mass is 10.2. The highest BCUT2D eigenvalue weighted by Gasteiger charge is 2.12. The number of ether oxygens (including phenoxy) is 2. The summed E-state index contributed by atoms with van der Waals surface area (Å²) in [6.45, 7) is 4.54. The van der Waals surface area contributed by atoms with Crippen LogP contribution in [0.2, 0.25) is 0 Å². The fraction of sp³-hybridized carbons (Fsp3) is 0.143. The highest BCUT2D eigenvalue weighted by atomic mass is 127. The third-order valence-electron chi connectivity index (χ3n) is 5.33. The van der Waals surface area contributed by atoms with Gasteiger partial charge in [-0.05, 0) is 125 Å². The van der Waals surface area contributed by atoms with Crippen LogP contribution < -0.4 is 14.9 Å². The number of hydrogen-bond donors (Lipinski definition) is 1. The molecule has 0 spiro atoms. The van der Waals surface area contributed by atoms with E-state index in [4.69, 9.17) is 20.3 Å². The molecule has 4 aromatic rings. The second-order valence-electron chi connectivity index (χ2n) is 8.01. The summed E-state index contributed by atoms with van der Waals surface area (Å²) in [7, 11) is 0.